The highest BCUT2D eigenvalue weighted by Crippen LogP contribution is 2.29. The lowest BCUT2D eigenvalue weighted by molar-refractivity contribution is -0.116. The Morgan fingerprint density at radius 2 is 1.71 bits per heavy atom. The molecular formula is C23H23FN2O5. The van der Waals surface area contributed by atoms with Gasteiger partial charge in [0, 0.05) is 23.5 Å². The van der Waals surface area contributed by atoms with Crippen LogP contribution in [-0.4, -0.2) is 24.7 Å². The van der Waals surface area contributed by atoms with Gasteiger partial charge >= 0.3 is 0 Å². The molecule has 0 aliphatic carbocycles. The largest absolute Gasteiger partial charge is 0.493 e. The van der Waals surface area contributed by atoms with Crippen LogP contribution in [0, 0.1) is 12.7 Å². The number of aryl methyl sites for hydroxylation is 1. The number of pyridine rings is 1. The summed E-state index contributed by atoms with van der Waals surface area (Å²) in [5.41, 5.74) is 1.59. The fourth-order valence-corrected chi connectivity index (χ4v) is 2.94. The molecule has 3 rings (SSSR count). The Labute approximate surface area is 179 Å². The maximum atomic E-state index is 13.0. The summed E-state index contributed by atoms with van der Waals surface area (Å²) in [4.78, 5) is 24.8. The first-order valence-electron chi connectivity index (χ1n) is 9.50. The van der Waals surface area contributed by atoms with E-state index < -0.39 is 0 Å². The molecule has 0 radical (unpaired) electrons. The van der Waals surface area contributed by atoms with Crippen LogP contribution in [0.1, 0.15) is 11.3 Å². The lowest BCUT2D eigenvalue weighted by Crippen LogP contribution is -2.22. The van der Waals surface area contributed by atoms with E-state index in [1.54, 1.807) is 41.8 Å². The molecule has 1 amide bonds. The highest BCUT2D eigenvalue weighted by atomic mass is 19.1. The summed E-state index contributed by atoms with van der Waals surface area (Å²) >= 11 is 0. The number of carbonyl (C=O) groups excluding carboxylic acids is 1. The maximum Gasteiger partial charge on any atom is 0.244 e. The van der Waals surface area contributed by atoms with Crippen LogP contribution < -0.4 is 25.0 Å². The summed E-state index contributed by atoms with van der Waals surface area (Å²) < 4.78 is 30.7. The summed E-state index contributed by atoms with van der Waals surface area (Å²) in [7, 11) is 3.05. The molecule has 8 heteroatoms. The summed E-state index contributed by atoms with van der Waals surface area (Å²) in [6, 6.07) is 12.3. The molecule has 1 aromatic heterocycles. The van der Waals surface area contributed by atoms with Gasteiger partial charge in [-0.3, -0.25) is 9.59 Å². The number of hydrogen-bond acceptors (Lipinski definition) is 5. The van der Waals surface area contributed by atoms with Crippen LogP contribution in [0.2, 0.25) is 0 Å². The number of hydrogen-bond donors (Lipinski definition) is 1. The minimum absolute atomic E-state index is 0.0205. The monoisotopic (exact) mass is 426 g/mol. The van der Waals surface area contributed by atoms with Gasteiger partial charge in [-0.25, -0.2) is 4.39 Å². The third kappa shape index (κ3) is 5.63. The number of nitrogens with zero attached hydrogens (tertiary/aromatic N) is 1. The quantitative estimate of drug-likeness (QED) is 0.596. The van der Waals surface area contributed by atoms with Crippen LogP contribution in [0.5, 0.6) is 17.2 Å². The summed E-state index contributed by atoms with van der Waals surface area (Å²) in [6.45, 7) is 1.82. The van der Waals surface area contributed by atoms with Gasteiger partial charge in [-0.1, -0.05) is 12.1 Å². The minimum atomic E-state index is -0.345. The molecule has 0 saturated heterocycles. The molecule has 7 nitrogen and oxygen atoms in total. The SMILES string of the molecule is COc1ccc(NC(=O)Cn2cc(OCc3ccc(F)cc3)c(=O)cc2C)cc1OC. The van der Waals surface area contributed by atoms with E-state index in [4.69, 9.17) is 14.2 Å². The fraction of sp³-hybridized carbons (Fsp3) is 0.217. The van der Waals surface area contributed by atoms with Crippen LogP contribution in [0.25, 0.3) is 0 Å². The number of amides is 1. The number of halogens is 1. The first kappa shape index (κ1) is 21.9. The zero-order valence-electron chi connectivity index (χ0n) is 17.5. The first-order valence-corrected chi connectivity index (χ1v) is 9.50. The summed E-state index contributed by atoms with van der Waals surface area (Å²) in [5, 5.41) is 2.79. The van der Waals surface area contributed by atoms with Crippen LogP contribution in [0.3, 0.4) is 0 Å². The molecule has 0 bridgehead atoms. The fourth-order valence-electron chi connectivity index (χ4n) is 2.94. The molecule has 1 N–H and O–H groups in total. The molecule has 0 fully saturated rings. The second kappa shape index (κ2) is 9.80. The topological polar surface area (TPSA) is 78.8 Å². The second-order valence-corrected chi connectivity index (χ2v) is 6.80. The number of anilines is 1. The van der Waals surface area contributed by atoms with Crippen molar-refractivity contribution in [3.63, 3.8) is 0 Å². The maximum absolute atomic E-state index is 13.0. The molecule has 0 unspecified atom stereocenters. The number of carbonyl (C=O) groups is 1. The van der Waals surface area contributed by atoms with E-state index >= 15 is 0 Å². The molecule has 2 aromatic carbocycles. The van der Waals surface area contributed by atoms with E-state index in [0.717, 1.165) is 5.56 Å². The lowest BCUT2D eigenvalue weighted by Gasteiger charge is -2.14. The van der Waals surface area contributed by atoms with E-state index in [2.05, 4.69) is 5.32 Å². The van der Waals surface area contributed by atoms with Crippen LogP contribution in [0.4, 0.5) is 10.1 Å². The Morgan fingerprint density at radius 1 is 1.00 bits per heavy atom. The van der Waals surface area contributed by atoms with Crippen molar-refractivity contribution in [3.05, 3.63) is 82.0 Å². The van der Waals surface area contributed by atoms with E-state index in [-0.39, 0.29) is 36.1 Å². The van der Waals surface area contributed by atoms with Gasteiger partial charge in [-0.05, 0) is 36.8 Å². The number of nitrogens with one attached hydrogen (secondary N) is 1. The first-order chi connectivity index (χ1) is 14.9. The van der Waals surface area contributed by atoms with Gasteiger partial charge in [0.1, 0.15) is 19.0 Å². The highest BCUT2D eigenvalue weighted by molar-refractivity contribution is 5.91. The van der Waals surface area contributed by atoms with Gasteiger partial charge in [-0.2, -0.15) is 0 Å². The van der Waals surface area contributed by atoms with Crippen molar-refractivity contribution in [2.24, 2.45) is 0 Å². The van der Waals surface area contributed by atoms with Crippen LogP contribution >= 0.6 is 0 Å². The van der Waals surface area contributed by atoms with Crippen LogP contribution in [0.15, 0.2) is 59.5 Å². The summed E-state index contributed by atoms with van der Waals surface area (Å²) in [6.07, 6.45) is 1.50. The molecule has 162 valence electrons. The average Bonchev–Trinajstić information content (AvgIpc) is 2.75. The Bertz CT molecular complexity index is 1130. The molecule has 0 aliphatic rings. The molecule has 0 spiro atoms. The number of ether oxygens (including phenoxy) is 3. The average molecular weight is 426 g/mol. The van der Waals surface area contributed by atoms with Crippen molar-refractivity contribution < 1.29 is 23.4 Å². The third-order valence-electron chi connectivity index (χ3n) is 4.60. The molecule has 31 heavy (non-hydrogen) atoms. The second-order valence-electron chi connectivity index (χ2n) is 6.80. The Morgan fingerprint density at radius 3 is 2.39 bits per heavy atom. The van der Waals surface area contributed by atoms with Crippen molar-refractivity contribution in [1.29, 1.82) is 0 Å². The van der Waals surface area contributed by atoms with Gasteiger partial charge in [-0.15, -0.1) is 0 Å². The standard InChI is InChI=1S/C23H23FN2O5/c1-15-10-19(27)22(31-14-16-4-6-17(24)7-5-16)12-26(15)13-23(28)25-18-8-9-20(29-2)21(11-18)30-3/h4-12H,13-14H2,1-3H3,(H,25,28). The van der Waals surface area contributed by atoms with Gasteiger partial charge in [0.2, 0.25) is 11.3 Å². The zero-order chi connectivity index (χ0) is 22.4. The van der Waals surface area contributed by atoms with Crippen molar-refractivity contribution in [2.75, 3.05) is 19.5 Å². The number of benzene rings is 2. The molecule has 0 aliphatic heterocycles. The normalized spacial score (nSPS) is 10.5. The molecule has 3 aromatic rings. The predicted octanol–water partition coefficient (Wildman–Crippen LogP) is 3.53. The Kier molecular flexibility index (Phi) is 6.92. The van der Waals surface area contributed by atoms with Crippen molar-refractivity contribution >= 4 is 11.6 Å². The lowest BCUT2D eigenvalue weighted by atomic mass is 10.2. The molecule has 0 atom stereocenters. The molecular weight excluding hydrogens is 403 g/mol. The van der Waals surface area contributed by atoms with E-state index in [9.17, 15) is 14.0 Å². The zero-order valence-corrected chi connectivity index (χ0v) is 17.5. The van der Waals surface area contributed by atoms with Crippen LogP contribution in [-0.2, 0) is 17.9 Å². The van der Waals surface area contributed by atoms with Gasteiger partial charge in [0.05, 0.1) is 20.4 Å². The minimum Gasteiger partial charge on any atom is -0.493 e. The Hall–Kier alpha value is -3.81. The summed E-state index contributed by atoms with van der Waals surface area (Å²) in [5.74, 6) is 0.523. The van der Waals surface area contributed by atoms with Crippen molar-refractivity contribution in [1.82, 2.24) is 4.57 Å². The third-order valence-corrected chi connectivity index (χ3v) is 4.60. The van der Waals surface area contributed by atoms with Gasteiger partial charge < -0.3 is 24.1 Å². The van der Waals surface area contributed by atoms with Crippen molar-refractivity contribution in [2.45, 2.75) is 20.1 Å². The number of methoxy groups -OCH3 is 2. The van der Waals surface area contributed by atoms with Crippen molar-refractivity contribution in [3.8, 4) is 17.2 Å². The van der Waals surface area contributed by atoms with E-state index in [1.165, 1.54) is 38.6 Å². The molecule has 0 saturated carbocycles. The highest BCUT2D eigenvalue weighted by Gasteiger charge is 2.11. The van der Waals surface area contributed by atoms with E-state index in [1.807, 2.05) is 0 Å². The number of rotatable bonds is 8. The molecule has 1 heterocycles. The van der Waals surface area contributed by atoms with E-state index in [0.29, 0.717) is 22.9 Å². The number of aromatic nitrogens is 1. The smallest absolute Gasteiger partial charge is 0.244 e. The van der Waals surface area contributed by atoms with Gasteiger partial charge in [0.25, 0.3) is 0 Å². The predicted molar refractivity (Wildman–Crippen MR) is 114 cm³/mol. The van der Waals surface area contributed by atoms with Gasteiger partial charge in [0.15, 0.2) is 17.2 Å². The Balaban J connectivity index is 1.70.